The SMILES string of the molecule is C#CCOc1cc(F)ccc1C(=O)CC. The van der Waals surface area contributed by atoms with E-state index in [1.807, 2.05) is 0 Å². The van der Waals surface area contributed by atoms with Crippen molar-refractivity contribution in [2.24, 2.45) is 0 Å². The van der Waals surface area contributed by atoms with Crippen molar-refractivity contribution in [3.05, 3.63) is 29.6 Å². The lowest BCUT2D eigenvalue weighted by Crippen LogP contribution is -2.03. The van der Waals surface area contributed by atoms with E-state index in [2.05, 4.69) is 5.92 Å². The third-order valence-electron chi connectivity index (χ3n) is 1.88. The molecular formula is C12H11FO2. The van der Waals surface area contributed by atoms with Crippen LogP contribution >= 0.6 is 0 Å². The Bertz CT molecular complexity index is 405. The summed E-state index contributed by atoms with van der Waals surface area (Å²) >= 11 is 0. The maximum Gasteiger partial charge on any atom is 0.166 e. The highest BCUT2D eigenvalue weighted by Crippen LogP contribution is 2.21. The lowest BCUT2D eigenvalue weighted by molar-refractivity contribution is 0.0984. The van der Waals surface area contributed by atoms with E-state index < -0.39 is 5.82 Å². The van der Waals surface area contributed by atoms with E-state index in [-0.39, 0.29) is 18.1 Å². The van der Waals surface area contributed by atoms with E-state index >= 15 is 0 Å². The number of carbonyl (C=O) groups excluding carboxylic acids is 1. The van der Waals surface area contributed by atoms with Crippen molar-refractivity contribution in [2.75, 3.05) is 6.61 Å². The maximum absolute atomic E-state index is 12.9. The van der Waals surface area contributed by atoms with Gasteiger partial charge in [0.15, 0.2) is 5.78 Å². The van der Waals surface area contributed by atoms with Gasteiger partial charge < -0.3 is 4.74 Å². The van der Waals surface area contributed by atoms with Gasteiger partial charge in [-0.15, -0.1) is 6.42 Å². The molecule has 1 aromatic carbocycles. The Morgan fingerprint density at radius 3 is 2.93 bits per heavy atom. The van der Waals surface area contributed by atoms with Crippen molar-refractivity contribution in [1.29, 1.82) is 0 Å². The van der Waals surface area contributed by atoms with E-state index in [1.54, 1.807) is 6.92 Å². The van der Waals surface area contributed by atoms with Crippen molar-refractivity contribution in [1.82, 2.24) is 0 Å². The fourth-order valence-corrected chi connectivity index (χ4v) is 1.16. The Hall–Kier alpha value is -1.82. The number of Topliss-reactive ketones (excluding diaryl/α,β-unsaturated/α-hetero) is 1. The van der Waals surface area contributed by atoms with Crippen LogP contribution in [0.3, 0.4) is 0 Å². The molecule has 15 heavy (non-hydrogen) atoms. The van der Waals surface area contributed by atoms with Gasteiger partial charge in [0.1, 0.15) is 18.2 Å². The summed E-state index contributed by atoms with van der Waals surface area (Å²) in [7, 11) is 0. The van der Waals surface area contributed by atoms with Crippen LogP contribution < -0.4 is 4.74 Å². The molecule has 0 fully saturated rings. The second-order valence-electron chi connectivity index (χ2n) is 2.91. The number of benzene rings is 1. The normalized spacial score (nSPS) is 9.40. The number of ketones is 1. The van der Waals surface area contributed by atoms with Gasteiger partial charge in [0.05, 0.1) is 5.56 Å². The quantitative estimate of drug-likeness (QED) is 0.558. The summed E-state index contributed by atoms with van der Waals surface area (Å²) < 4.78 is 18.0. The summed E-state index contributed by atoms with van der Waals surface area (Å²) in [6.07, 6.45) is 5.36. The summed E-state index contributed by atoms with van der Waals surface area (Å²) in [4.78, 5) is 11.5. The van der Waals surface area contributed by atoms with Crippen molar-refractivity contribution >= 4 is 5.78 Å². The van der Waals surface area contributed by atoms with Gasteiger partial charge in [-0.2, -0.15) is 0 Å². The zero-order valence-corrected chi connectivity index (χ0v) is 8.42. The Morgan fingerprint density at radius 2 is 2.33 bits per heavy atom. The van der Waals surface area contributed by atoms with Gasteiger partial charge in [0, 0.05) is 12.5 Å². The second-order valence-corrected chi connectivity index (χ2v) is 2.91. The molecule has 1 rings (SSSR count). The standard InChI is InChI=1S/C12H11FO2/c1-3-7-15-12-8-9(13)5-6-10(12)11(14)4-2/h1,5-6,8H,4,7H2,2H3. The number of halogens is 1. The predicted octanol–water partition coefficient (Wildman–Crippen LogP) is 2.43. The monoisotopic (exact) mass is 206 g/mol. The second kappa shape index (κ2) is 5.16. The fourth-order valence-electron chi connectivity index (χ4n) is 1.16. The molecule has 0 saturated heterocycles. The van der Waals surface area contributed by atoms with E-state index in [0.717, 1.165) is 0 Å². The first-order valence-electron chi connectivity index (χ1n) is 4.58. The van der Waals surface area contributed by atoms with Crippen LogP contribution in [0.1, 0.15) is 23.7 Å². The summed E-state index contributed by atoms with van der Waals surface area (Å²) in [5.41, 5.74) is 0.370. The van der Waals surface area contributed by atoms with Crippen LogP contribution in [0.25, 0.3) is 0 Å². The average molecular weight is 206 g/mol. The Balaban J connectivity index is 3.04. The van der Waals surface area contributed by atoms with Crippen molar-refractivity contribution in [3.8, 4) is 18.1 Å². The molecule has 0 amide bonds. The van der Waals surface area contributed by atoms with E-state index in [1.165, 1.54) is 18.2 Å². The first-order chi connectivity index (χ1) is 7.19. The van der Waals surface area contributed by atoms with Gasteiger partial charge in [-0.25, -0.2) is 4.39 Å². The molecule has 0 aliphatic carbocycles. The Labute approximate surface area is 88.1 Å². The largest absolute Gasteiger partial charge is 0.480 e. The third-order valence-corrected chi connectivity index (χ3v) is 1.88. The van der Waals surface area contributed by atoms with Crippen LogP contribution in [0, 0.1) is 18.2 Å². The minimum absolute atomic E-state index is 0.0213. The van der Waals surface area contributed by atoms with Crippen LogP contribution in [0.5, 0.6) is 5.75 Å². The smallest absolute Gasteiger partial charge is 0.166 e. The molecule has 0 spiro atoms. The molecule has 0 atom stereocenters. The van der Waals surface area contributed by atoms with Gasteiger partial charge in [0.2, 0.25) is 0 Å². The molecule has 0 N–H and O–H groups in total. The molecule has 3 heteroatoms. The predicted molar refractivity (Wildman–Crippen MR) is 55.3 cm³/mol. The Kier molecular flexibility index (Phi) is 3.87. The number of ether oxygens (including phenoxy) is 1. The lowest BCUT2D eigenvalue weighted by Gasteiger charge is -2.07. The number of hydrogen-bond donors (Lipinski definition) is 0. The number of rotatable bonds is 4. The molecule has 0 radical (unpaired) electrons. The minimum Gasteiger partial charge on any atom is -0.480 e. The zero-order chi connectivity index (χ0) is 11.3. The highest BCUT2D eigenvalue weighted by molar-refractivity contribution is 5.98. The third kappa shape index (κ3) is 2.81. The van der Waals surface area contributed by atoms with Crippen LogP contribution in [0.2, 0.25) is 0 Å². The fraction of sp³-hybridized carbons (Fsp3) is 0.250. The lowest BCUT2D eigenvalue weighted by atomic mass is 10.1. The first kappa shape index (κ1) is 11.3. The van der Waals surface area contributed by atoms with Gasteiger partial charge in [-0.1, -0.05) is 12.8 Å². The van der Waals surface area contributed by atoms with Crippen molar-refractivity contribution in [3.63, 3.8) is 0 Å². The van der Waals surface area contributed by atoms with E-state index in [0.29, 0.717) is 12.0 Å². The van der Waals surface area contributed by atoms with Gasteiger partial charge in [0.25, 0.3) is 0 Å². The molecule has 0 saturated carbocycles. The highest BCUT2D eigenvalue weighted by atomic mass is 19.1. The van der Waals surface area contributed by atoms with Gasteiger partial charge >= 0.3 is 0 Å². The highest BCUT2D eigenvalue weighted by Gasteiger charge is 2.11. The van der Waals surface area contributed by atoms with Crippen LogP contribution in [0.4, 0.5) is 4.39 Å². The topological polar surface area (TPSA) is 26.3 Å². The van der Waals surface area contributed by atoms with Crippen molar-refractivity contribution < 1.29 is 13.9 Å². The van der Waals surface area contributed by atoms with E-state index in [9.17, 15) is 9.18 Å². The maximum atomic E-state index is 12.9. The number of hydrogen-bond acceptors (Lipinski definition) is 2. The Morgan fingerprint density at radius 1 is 1.60 bits per heavy atom. The molecule has 1 aromatic rings. The zero-order valence-electron chi connectivity index (χ0n) is 8.42. The van der Waals surface area contributed by atoms with Crippen LogP contribution in [-0.2, 0) is 0 Å². The summed E-state index contributed by atoms with van der Waals surface area (Å²) in [6.45, 7) is 1.75. The van der Waals surface area contributed by atoms with Gasteiger partial charge in [-0.05, 0) is 12.1 Å². The average Bonchev–Trinajstić information content (AvgIpc) is 2.25. The van der Waals surface area contributed by atoms with Crippen LogP contribution in [0.15, 0.2) is 18.2 Å². The molecule has 0 bridgehead atoms. The number of carbonyl (C=O) groups is 1. The molecule has 0 unspecified atom stereocenters. The summed E-state index contributed by atoms with van der Waals surface area (Å²) in [5, 5.41) is 0. The summed E-state index contributed by atoms with van der Waals surface area (Å²) in [6, 6.07) is 3.80. The molecule has 0 heterocycles. The molecule has 0 aliphatic rings. The molecule has 0 aliphatic heterocycles. The number of terminal acetylenes is 1. The molecular weight excluding hydrogens is 195 g/mol. The van der Waals surface area contributed by atoms with Crippen molar-refractivity contribution in [2.45, 2.75) is 13.3 Å². The molecule has 78 valence electrons. The molecule has 2 nitrogen and oxygen atoms in total. The van der Waals surface area contributed by atoms with Crippen LogP contribution in [-0.4, -0.2) is 12.4 Å². The minimum atomic E-state index is -0.449. The van der Waals surface area contributed by atoms with E-state index in [4.69, 9.17) is 11.2 Å². The molecule has 0 aromatic heterocycles. The first-order valence-corrected chi connectivity index (χ1v) is 4.58. The summed E-state index contributed by atoms with van der Waals surface area (Å²) in [5.74, 6) is 1.93. The van der Waals surface area contributed by atoms with Gasteiger partial charge in [-0.3, -0.25) is 4.79 Å².